The molecule has 0 amide bonds. The van der Waals surface area contributed by atoms with E-state index in [1.54, 1.807) is 0 Å². The molecule has 0 aliphatic carbocycles. The first-order valence-corrected chi connectivity index (χ1v) is 8.42. The van der Waals surface area contributed by atoms with Gasteiger partial charge in [0, 0.05) is 0 Å². The molecule has 46 valence electrons. The summed E-state index contributed by atoms with van der Waals surface area (Å²) in [7, 11) is 0. The first-order chi connectivity index (χ1) is 3.85. The maximum absolute atomic E-state index is 9.98. The third-order valence-corrected chi connectivity index (χ3v) is 8.23. The Labute approximate surface area is 56.5 Å². The van der Waals surface area contributed by atoms with E-state index in [9.17, 15) is 4.79 Å². The van der Waals surface area contributed by atoms with Gasteiger partial charge in [0.1, 0.15) is 0 Å². The molecule has 0 aromatic rings. The number of carbonyl (C=O) groups is 1. The molecule has 0 N–H and O–H groups in total. The van der Waals surface area contributed by atoms with Crippen LogP contribution in [0.25, 0.3) is 0 Å². The van der Waals surface area contributed by atoms with Crippen molar-refractivity contribution in [2.75, 3.05) is 0 Å². The Bertz CT molecular complexity index is 59.5. The Hall–Kier alpha value is 0.306. The van der Waals surface area contributed by atoms with Crippen molar-refractivity contribution in [2.24, 2.45) is 0 Å². The molecule has 0 aromatic carbocycles. The number of hydrogen-bond acceptors (Lipinski definition) is 1. The number of hydrogen-bond donors (Lipinski definition) is 0. The van der Waals surface area contributed by atoms with Gasteiger partial charge in [-0.3, -0.25) is 0 Å². The average Bonchev–Trinajstić information content (AvgIpc) is 1.83. The monoisotopic (exact) mass is 170 g/mol. The van der Waals surface area contributed by atoms with Gasteiger partial charge in [0.2, 0.25) is 0 Å². The van der Waals surface area contributed by atoms with Crippen LogP contribution >= 0.6 is 0 Å². The van der Waals surface area contributed by atoms with Crippen molar-refractivity contribution in [3.63, 3.8) is 0 Å². The van der Waals surface area contributed by atoms with Crippen molar-refractivity contribution < 1.29 is 4.79 Å². The van der Waals surface area contributed by atoms with Gasteiger partial charge in [0.25, 0.3) is 0 Å². The topological polar surface area (TPSA) is 17.1 Å². The number of aldehydes is 1. The minimum atomic E-state index is -0.977. The molecule has 0 aliphatic rings. The van der Waals surface area contributed by atoms with Gasteiger partial charge in [-0.25, -0.2) is 0 Å². The van der Waals surface area contributed by atoms with Crippen LogP contribution in [0.4, 0.5) is 0 Å². The molecule has 0 fully saturated rings. The fraction of sp³-hybridized carbons (Fsp3) is 0.833. The van der Waals surface area contributed by atoms with E-state index in [0.29, 0.717) is 0 Å². The van der Waals surface area contributed by atoms with E-state index in [4.69, 9.17) is 0 Å². The predicted molar refractivity (Wildman–Crippen MR) is 37.6 cm³/mol. The second kappa shape index (κ2) is 5.44. The van der Waals surface area contributed by atoms with Crippen LogP contribution in [0.15, 0.2) is 0 Å². The summed E-state index contributed by atoms with van der Waals surface area (Å²) in [5.41, 5.74) is 0. The van der Waals surface area contributed by atoms with E-state index in [1.807, 2.05) is 0 Å². The molecule has 0 bridgehead atoms. The number of rotatable bonds is 4. The molecule has 2 heteroatoms. The molecular weight excluding hydrogens is 158 g/mol. The van der Waals surface area contributed by atoms with Crippen LogP contribution in [-0.4, -0.2) is 22.5 Å². The first kappa shape index (κ1) is 8.31. The average molecular weight is 171 g/mol. The van der Waals surface area contributed by atoms with Gasteiger partial charge in [-0.05, 0) is 0 Å². The predicted octanol–water partition coefficient (Wildman–Crippen LogP) is 1.72. The summed E-state index contributed by atoms with van der Waals surface area (Å²) in [6.45, 7) is 4.41. The quantitative estimate of drug-likeness (QED) is 0.464. The van der Waals surface area contributed by atoms with Gasteiger partial charge in [0.15, 0.2) is 0 Å². The molecule has 0 aromatic heterocycles. The van der Waals surface area contributed by atoms with Crippen LogP contribution in [0.2, 0.25) is 14.9 Å². The molecule has 0 saturated heterocycles. The second-order valence-electron chi connectivity index (χ2n) is 2.08. The van der Waals surface area contributed by atoms with Crippen LogP contribution in [-0.2, 0) is 4.79 Å². The zero-order valence-corrected chi connectivity index (χ0v) is 8.11. The van der Waals surface area contributed by atoms with E-state index in [-0.39, 0.29) is 0 Å². The summed E-state index contributed by atoms with van der Waals surface area (Å²) in [6.07, 6.45) is 1.09. The Balaban J connectivity index is 3.20. The normalized spacial score (nSPS) is 8.75. The van der Waals surface area contributed by atoms with Crippen LogP contribution in [0.1, 0.15) is 13.8 Å². The standard InChI is InChI=1S/C2H3O.2C2H5.Ga/c1-2-3;2*1-2;/h2H,1H2;2*1H2,2H3;. The van der Waals surface area contributed by atoms with Crippen LogP contribution in [0.3, 0.4) is 0 Å². The fourth-order valence-corrected chi connectivity index (χ4v) is 3.94. The first-order valence-electron chi connectivity index (χ1n) is 3.28. The van der Waals surface area contributed by atoms with Gasteiger partial charge in [0.05, 0.1) is 0 Å². The van der Waals surface area contributed by atoms with E-state index in [0.717, 1.165) is 11.3 Å². The molecule has 0 spiro atoms. The minimum absolute atomic E-state index is 0.931. The van der Waals surface area contributed by atoms with Crippen LogP contribution in [0.5, 0.6) is 0 Å². The molecule has 0 unspecified atom stereocenters. The van der Waals surface area contributed by atoms with Crippen molar-refractivity contribution in [3.05, 3.63) is 0 Å². The molecule has 0 radical (unpaired) electrons. The summed E-state index contributed by atoms with van der Waals surface area (Å²) in [5, 5.41) is 0. The molecule has 0 saturated carbocycles. The molecule has 8 heavy (non-hydrogen) atoms. The molecular formula is C6H13GaO. The third-order valence-electron chi connectivity index (χ3n) is 1.58. The molecule has 0 rings (SSSR count). The van der Waals surface area contributed by atoms with Gasteiger partial charge < -0.3 is 0 Å². The van der Waals surface area contributed by atoms with Crippen LogP contribution < -0.4 is 0 Å². The maximum atomic E-state index is 9.98. The Morgan fingerprint density at radius 2 is 1.88 bits per heavy atom. The van der Waals surface area contributed by atoms with Gasteiger partial charge in [-0.1, -0.05) is 0 Å². The van der Waals surface area contributed by atoms with Crippen molar-refractivity contribution in [2.45, 2.75) is 28.8 Å². The zero-order valence-electron chi connectivity index (χ0n) is 5.68. The van der Waals surface area contributed by atoms with E-state index >= 15 is 0 Å². The van der Waals surface area contributed by atoms with Crippen LogP contribution in [0, 0.1) is 0 Å². The molecule has 1 nitrogen and oxygen atoms in total. The molecule has 0 atom stereocenters. The zero-order chi connectivity index (χ0) is 6.41. The van der Waals surface area contributed by atoms with Gasteiger partial charge in [-0.15, -0.1) is 0 Å². The summed E-state index contributed by atoms with van der Waals surface area (Å²) < 4.78 is 0. The molecule has 0 heterocycles. The summed E-state index contributed by atoms with van der Waals surface area (Å²) in [5.74, 6) is 0. The molecule has 0 aliphatic heterocycles. The summed E-state index contributed by atoms with van der Waals surface area (Å²) in [4.78, 5) is 13.6. The Morgan fingerprint density at radius 3 is 2.00 bits per heavy atom. The second-order valence-corrected chi connectivity index (χ2v) is 10.1. The van der Waals surface area contributed by atoms with Gasteiger partial charge >= 0.3 is 56.1 Å². The van der Waals surface area contributed by atoms with Crippen molar-refractivity contribution in [1.82, 2.24) is 0 Å². The van der Waals surface area contributed by atoms with E-state index < -0.39 is 16.2 Å². The summed E-state index contributed by atoms with van der Waals surface area (Å²) in [6, 6.07) is 0. The van der Waals surface area contributed by atoms with Crippen molar-refractivity contribution in [3.8, 4) is 0 Å². The third kappa shape index (κ3) is 3.33. The fourth-order valence-electron chi connectivity index (χ4n) is 0.758. The van der Waals surface area contributed by atoms with Gasteiger partial charge in [-0.2, -0.15) is 0 Å². The summed E-state index contributed by atoms with van der Waals surface area (Å²) >= 11 is -0.977. The SMILES string of the molecule is C[CH2][Ga]([CH2]C)[CH2]C=O. The Morgan fingerprint density at radius 1 is 1.38 bits per heavy atom. The van der Waals surface area contributed by atoms with Crippen molar-refractivity contribution >= 4 is 22.5 Å². The van der Waals surface area contributed by atoms with Crippen molar-refractivity contribution in [1.29, 1.82) is 0 Å². The van der Waals surface area contributed by atoms with E-state index in [1.165, 1.54) is 9.95 Å². The number of carbonyl (C=O) groups excluding carboxylic acids is 1. The van der Waals surface area contributed by atoms with E-state index in [2.05, 4.69) is 13.8 Å². The Kier molecular flexibility index (Phi) is 5.65.